The summed E-state index contributed by atoms with van der Waals surface area (Å²) in [6.45, 7) is 2.56. The Balaban J connectivity index is 2.83. The first kappa shape index (κ1) is 7.86. The molecule has 3 heteroatoms. The SMILES string of the molecule is [B]B(CC)CCI. The van der Waals surface area contributed by atoms with Gasteiger partial charge in [0, 0.05) is 7.74 Å². The van der Waals surface area contributed by atoms with Gasteiger partial charge in [0.2, 0.25) is 0 Å². The van der Waals surface area contributed by atoms with Crippen molar-refractivity contribution in [3.8, 4) is 0 Å². The lowest BCUT2D eigenvalue weighted by Crippen LogP contribution is -2.10. The van der Waals surface area contributed by atoms with Gasteiger partial charge in [-0.2, -0.15) is 0 Å². The second-order valence-electron chi connectivity index (χ2n) is 1.65. The zero-order valence-electron chi connectivity index (χ0n) is 4.65. The molecule has 0 aliphatic carbocycles. The smallest absolute Gasteiger partial charge is 0.0871 e. The van der Waals surface area contributed by atoms with Crippen LogP contribution in [0.15, 0.2) is 0 Å². The summed E-state index contributed by atoms with van der Waals surface area (Å²) in [4.78, 5) is 0. The molecule has 0 bridgehead atoms. The van der Waals surface area contributed by atoms with Gasteiger partial charge in [0.05, 0.1) is 6.60 Å². The van der Waals surface area contributed by atoms with Crippen LogP contribution >= 0.6 is 22.6 Å². The molecule has 0 nitrogen and oxygen atoms in total. The van der Waals surface area contributed by atoms with E-state index >= 15 is 0 Å². The average molecular weight is 206 g/mol. The number of rotatable bonds is 3. The van der Waals surface area contributed by atoms with Gasteiger partial charge in [-0.15, -0.1) is 0 Å². The van der Waals surface area contributed by atoms with E-state index in [0.29, 0.717) is 6.60 Å². The van der Waals surface area contributed by atoms with Crippen LogP contribution in [0.25, 0.3) is 0 Å². The van der Waals surface area contributed by atoms with Gasteiger partial charge in [-0.25, -0.2) is 0 Å². The van der Waals surface area contributed by atoms with E-state index in [4.69, 9.17) is 7.74 Å². The highest BCUT2D eigenvalue weighted by atomic mass is 127. The van der Waals surface area contributed by atoms with Gasteiger partial charge in [0.25, 0.3) is 0 Å². The van der Waals surface area contributed by atoms with Crippen molar-refractivity contribution in [3.63, 3.8) is 0 Å². The molecule has 0 N–H and O–H groups in total. The minimum Gasteiger partial charge on any atom is -0.0871 e. The Labute approximate surface area is 61.1 Å². The monoisotopic (exact) mass is 206 g/mol. The quantitative estimate of drug-likeness (QED) is 0.373. The minimum absolute atomic E-state index is 0.442. The van der Waals surface area contributed by atoms with Crippen molar-refractivity contribution in [2.75, 3.05) is 4.43 Å². The standard InChI is InChI=1S/C4H9B2I/c1-2-6(5)3-4-7/h2-4H2,1H3. The van der Waals surface area contributed by atoms with Crippen LogP contribution in [0.2, 0.25) is 12.6 Å². The third kappa shape index (κ3) is 4.72. The molecule has 0 aromatic rings. The van der Waals surface area contributed by atoms with E-state index in [2.05, 4.69) is 29.5 Å². The third-order valence-corrected chi connectivity index (χ3v) is 1.63. The van der Waals surface area contributed by atoms with E-state index in [-0.39, 0.29) is 0 Å². The zero-order valence-corrected chi connectivity index (χ0v) is 6.81. The van der Waals surface area contributed by atoms with Crippen LogP contribution in [0.4, 0.5) is 0 Å². The summed E-state index contributed by atoms with van der Waals surface area (Å²) in [5.74, 6) is 0. The Kier molecular flexibility index (Phi) is 5.62. The first-order valence-electron chi connectivity index (χ1n) is 2.62. The van der Waals surface area contributed by atoms with Gasteiger partial charge >= 0.3 is 0 Å². The molecule has 0 saturated carbocycles. The fourth-order valence-corrected chi connectivity index (χ4v) is 1.14. The van der Waals surface area contributed by atoms with Crippen molar-refractivity contribution in [1.29, 1.82) is 0 Å². The lowest BCUT2D eigenvalue weighted by atomic mass is 9.30. The molecule has 0 unspecified atom stereocenters. The van der Waals surface area contributed by atoms with Crippen molar-refractivity contribution >= 4 is 36.9 Å². The highest BCUT2D eigenvalue weighted by molar-refractivity contribution is 14.1. The molecule has 0 fully saturated rings. The molecular formula is C4H9B2I. The maximum atomic E-state index is 5.58. The second kappa shape index (κ2) is 5.01. The van der Waals surface area contributed by atoms with E-state index in [9.17, 15) is 0 Å². The van der Waals surface area contributed by atoms with E-state index in [1.54, 1.807) is 0 Å². The molecule has 7 heavy (non-hydrogen) atoms. The van der Waals surface area contributed by atoms with E-state index in [0.717, 1.165) is 12.6 Å². The zero-order chi connectivity index (χ0) is 5.70. The lowest BCUT2D eigenvalue weighted by molar-refractivity contribution is 1.38. The van der Waals surface area contributed by atoms with Crippen LogP contribution in [0.1, 0.15) is 6.92 Å². The molecule has 0 amide bonds. The summed E-state index contributed by atoms with van der Waals surface area (Å²) in [5, 5.41) is 0. The predicted molar refractivity (Wildman–Crippen MR) is 45.7 cm³/mol. The van der Waals surface area contributed by atoms with Gasteiger partial charge in [-0.1, -0.05) is 42.2 Å². The van der Waals surface area contributed by atoms with Crippen LogP contribution in [-0.4, -0.2) is 18.8 Å². The fraction of sp³-hybridized carbons (Fsp3) is 1.00. The van der Waals surface area contributed by atoms with Gasteiger partial charge in [0.1, 0.15) is 0 Å². The van der Waals surface area contributed by atoms with Crippen molar-refractivity contribution < 1.29 is 0 Å². The van der Waals surface area contributed by atoms with E-state index in [1.807, 2.05) is 0 Å². The van der Waals surface area contributed by atoms with Crippen LogP contribution in [0.5, 0.6) is 0 Å². The molecular weight excluding hydrogens is 197 g/mol. The van der Waals surface area contributed by atoms with Crippen LogP contribution < -0.4 is 0 Å². The molecule has 0 heterocycles. The maximum Gasteiger partial charge on any atom is 0.0911 e. The first-order valence-corrected chi connectivity index (χ1v) is 4.15. The summed E-state index contributed by atoms with van der Waals surface area (Å²) in [7, 11) is 5.58. The molecule has 0 aromatic heterocycles. The number of halogens is 1. The molecule has 38 valence electrons. The summed E-state index contributed by atoms with van der Waals surface area (Å²) >= 11 is 2.35. The Morgan fingerprint density at radius 2 is 2.29 bits per heavy atom. The van der Waals surface area contributed by atoms with Crippen molar-refractivity contribution in [2.24, 2.45) is 0 Å². The Morgan fingerprint density at radius 1 is 1.71 bits per heavy atom. The highest BCUT2D eigenvalue weighted by Crippen LogP contribution is 1.96. The minimum atomic E-state index is 0.442. The van der Waals surface area contributed by atoms with Crippen LogP contribution in [0.3, 0.4) is 0 Å². The van der Waals surface area contributed by atoms with Crippen molar-refractivity contribution in [2.45, 2.75) is 19.6 Å². The van der Waals surface area contributed by atoms with Crippen LogP contribution in [0, 0.1) is 0 Å². The largest absolute Gasteiger partial charge is 0.0911 e. The topological polar surface area (TPSA) is 0 Å². The summed E-state index contributed by atoms with van der Waals surface area (Å²) < 4.78 is 1.19. The third-order valence-electron chi connectivity index (χ3n) is 1.00. The van der Waals surface area contributed by atoms with Crippen molar-refractivity contribution in [3.05, 3.63) is 0 Å². The second-order valence-corrected chi connectivity index (χ2v) is 2.72. The van der Waals surface area contributed by atoms with Crippen molar-refractivity contribution in [1.82, 2.24) is 0 Å². The number of hydrogen-bond acceptors (Lipinski definition) is 0. The summed E-state index contributed by atoms with van der Waals surface area (Å²) in [6.07, 6.45) is 2.28. The molecule has 0 aliphatic heterocycles. The average Bonchev–Trinajstić information content (AvgIpc) is 1.68. The van der Waals surface area contributed by atoms with E-state index < -0.39 is 0 Å². The Bertz CT molecular complexity index is 40.7. The summed E-state index contributed by atoms with van der Waals surface area (Å²) in [5.41, 5.74) is 0. The molecule has 0 saturated heterocycles. The van der Waals surface area contributed by atoms with E-state index in [1.165, 1.54) is 4.43 Å². The molecule has 2 radical (unpaired) electrons. The van der Waals surface area contributed by atoms with Gasteiger partial charge < -0.3 is 0 Å². The Hall–Kier alpha value is 0.860. The molecule has 0 spiro atoms. The normalized spacial score (nSPS) is 8.86. The lowest BCUT2D eigenvalue weighted by Gasteiger charge is -1.97. The molecule has 0 atom stereocenters. The first-order chi connectivity index (χ1) is 3.31. The fourth-order valence-electron chi connectivity index (χ4n) is 0.344. The van der Waals surface area contributed by atoms with Crippen LogP contribution in [-0.2, 0) is 0 Å². The predicted octanol–water partition coefficient (Wildman–Crippen LogP) is 1.60. The highest BCUT2D eigenvalue weighted by Gasteiger charge is 1.97. The Morgan fingerprint density at radius 3 is 2.43 bits per heavy atom. The maximum absolute atomic E-state index is 5.58. The molecule has 0 aromatic carbocycles. The molecule has 0 aliphatic rings. The number of alkyl halides is 1. The van der Waals surface area contributed by atoms with Gasteiger partial charge in [-0.3, -0.25) is 0 Å². The summed E-state index contributed by atoms with van der Waals surface area (Å²) in [6, 6.07) is 0. The molecule has 0 rings (SSSR count). The number of hydrogen-bond donors (Lipinski definition) is 0. The van der Waals surface area contributed by atoms with Gasteiger partial charge in [0.15, 0.2) is 0 Å². The van der Waals surface area contributed by atoms with Gasteiger partial charge in [-0.05, 0) is 4.43 Å².